The molecule has 4 aromatic rings. The van der Waals surface area contributed by atoms with Crippen LogP contribution < -0.4 is 14.8 Å². The fourth-order valence-corrected chi connectivity index (χ4v) is 11.1. The smallest absolute Gasteiger partial charge is 0.273 e. The number of sulfonamides is 1. The third kappa shape index (κ3) is 10.6. The zero-order valence-corrected chi connectivity index (χ0v) is 38.6. The average molecular weight is 954 g/mol. The van der Waals surface area contributed by atoms with Gasteiger partial charge in [-0.1, -0.05) is 36.2 Å². The topological polar surface area (TPSA) is 242 Å². The van der Waals surface area contributed by atoms with Crippen LogP contribution in [0.3, 0.4) is 0 Å². The lowest BCUT2D eigenvalue weighted by Gasteiger charge is -2.59. The Morgan fingerprint density at radius 3 is 2.29 bits per heavy atom. The summed E-state index contributed by atoms with van der Waals surface area (Å²) in [5.41, 5.74) is 2.61. The SMILES string of the molecule is C=CCOC12Oc3ccc(Oc4cccc([N+](=O)[O-])c4)cc3C3C(CCCCO)C(CCCCO)C=C(C(=NOCc4ccc([N+](=O)[O-])cc4)CC1N(C)S(=O)(=O)c1ccc(NC(C)=O)cc1)C32. The zero-order chi connectivity index (χ0) is 48.6. The largest absolute Gasteiger partial charge is 0.460 e. The number of nitrogens with zero attached hydrogens (tertiary/aromatic N) is 4. The molecule has 0 aromatic heterocycles. The first-order valence-corrected chi connectivity index (χ1v) is 23.9. The van der Waals surface area contributed by atoms with Gasteiger partial charge in [0.15, 0.2) is 0 Å². The Morgan fingerprint density at radius 2 is 1.63 bits per heavy atom. The highest BCUT2D eigenvalue weighted by Gasteiger charge is 2.65. The number of hydrogen-bond acceptors (Lipinski definition) is 14. The van der Waals surface area contributed by atoms with Crippen molar-refractivity contribution in [3.8, 4) is 17.2 Å². The molecule has 4 aromatic carbocycles. The minimum Gasteiger partial charge on any atom is -0.460 e. The predicted octanol–water partition coefficient (Wildman–Crippen LogP) is 8.41. The number of allylic oxidation sites excluding steroid dienone is 1. The number of aliphatic hydroxyl groups is 2. The fourth-order valence-electron chi connectivity index (χ4n) is 9.71. The van der Waals surface area contributed by atoms with Crippen LogP contribution in [-0.2, 0) is 31.0 Å². The minimum absolute atomic E-state index is 0.000302. The number of unbranched alkanes of at least 4 members (excludes halogenated alkanes) is 2. The molecule has 68 heavy (non-hydrogen) atoms. The van der Waals surface area contributed by atoms with E-state index < -0.39 is 43.5 Å². The van der Waals surface area contributed by atoms with E-state index in [9.17, 15) is 43.7 Å². The molecule has 0 bridgehead atoms. The van der Waals surface area contributed by atoms with Gasteiger partial charge in [-0.25, -0.2) is 8.42 Å². The molecule has 19 heteroatoms. The third-order valence-corrected chi connectivity index (χ3v) is 14.6. The van der Waals surface area contributed by atoms with Crippen LogP contribution in [0, 0.1) is 38.0 Å². The minimum atomic E-state index is -4.36. The van der Waals surface area contributed by atoms with Crippen LogP contribution in [0.5, 0.6) is 17.2 Å². The summed E-state index contributed by atoms with van der Waals surface area (Å²) in [5.74, 6) is -2.60. The summed E-state index contributed by atoms with van der Waals surface area (Å²) < 4.78 is 51.4. The summed E-state index contributed by atoms with van der Waals surface area (Å²) in [4.78, 5) is 39.8. The number of nitro benzene ring substituents is 2. The predicted molar refractivity (Wildman–Crippen MR) is 252 cm³/mol. The van der Waals surface area contributed by atoms with Crippen molar-refractivity contribution in [2.45, 2.75) is 81.1 Å². The maximum absolute atomic E-state index is 14.9. The molecule has 1 amide bonds. The zero-order valence-electron chi connectivity index (χ0n) is 37.8. The Labute approximate surface area is 394 Å². The van der Waals surface area contributed by atoms with Gasteiger partial charge in [0, 0.05) is 69.0 Å². The molecule has 3 N–H and O–H groups in total. The summed E-state index contributed by atoms with van der Waals surface area (Å²) in [6, 6.07) is 21.6. The van der Waals surface area contributed by atoms with Crippen LogP contribution >= 0.6 is 0 Å². The summed E-state index contributed by atoms with van der Waals surface area (Å²) in [7, 11) is -2.91. The lowest BCUT2D eigenvalue weighted by Crippen LogP contribution is -2.69. The number of carbonyl (C=O) groups excluding carboxylic acids is 1. The summed E-state index contributed by atoms with van der Waals surface area (Å²) in [5, 5.41) is 50.3. The van der Waals surface area contributed by atoms with Crippen molar-refractivity contribution in [3.63, 3.8) is 0 Å². The van der Waals surface area contributed by atoms with Crippen molar-refractivity contribution >= 4 is 38.7 Å². The first kappa shape index (κ1) is 49.4. The van der Waals surface area contributed by atoms with Crippen LogP contribution in [0.1, 0.15) is 68.9 Å². The molecule has 0 saturated heterocycles. The number of hydrogen-bond donors (Lipinski definition) is 3. The van der Waals surface area contributed by atoms with Crippen LogP contribution in [0.15, 0.2) is 125 Å². The van der Waals surface area contributed by atoms with Gasteiger partial charge < -0.3 is 34.6 Å². The molecular formula is C49H55N5O13S. The van der Waals surface area contributed by atoms with Gasteiger partial charge in [-0.05, 0) is 109 Å². The van der Waals surface area contributed by atoms with Crippen molar-refractivity contribution in [3.05, 3.63) is 147 Å². The third-order valence-electron chi connectivity index (χ3n) is 12.8. The number of benzene rings is 4. The molecule has 360 valence electrons. The first-order valence-electron chi connectivity index (χ1n) is 22.4. The van der Waals surface area contributed by atoms with Crippen molar-refractivity contribution < 1.29 is 52.3 Å². The highest BCUT2D eigenvalue weighted by molar-refractivity contribution is 7.89. The number of rotatable bonds is 22. The molecule has 18 nitrogen and oxygen atoms in total. The van der Waals surface area contributed by atoms with Gasteiger partial charge in [-0.3, -0.25) is 25.0 Å². The van der Waals surface area contributed by atoms with Crippen molar-refractivity contribution in [2.75, 3.05) is 32.2 Å². The highest BCUT2D eigenvalue weighted by Crippen LogP contribution is 2.62. The number of nitrogens with one attached hydrogen (secondary N) is 1. The van der Waals surface area contributed by atoms with E-state index in [1.54, 1.807) is 36.4 Å². The Balaban J connectivity index is 1.42. The molecule has 0 spiro atoms. The van der Waals surface area contributed by atoms with Crippen molar-refractivity contribution in [1.82, 2.24) is 4.31 Å². The van der Waals surface area contributed by atoms with E-state index in [-0.39, 0.29) is 72.6 Å². The summed E-state index contributed by atoms with van der Waals surface area (Å²) in [6.07, 6.45) is 7.36. The molecular weight excluding hydrogens is 899 g/mol. The Kier molecular flexibility index (Phi) is 15.7. The Morgan fingerprint density at radius 1 is 0.941 bits per heavy atom. The van der Waals surface area contributed by atoms with E-state index in [1.807, 2.05) is 6.07 Å². The van der Waals surface area contributed by atoms with E-state index in [1.165, 1.54) is 72.9 Å². The molecule has 7 rings (SSSR count). The van der Waals surface area contributed by atoms with Crippen molar-refractivity contribution in [2.24, 2.45) is 22.9 Å². The lowest BCUT2D eigenvalue weighted by atomic mass is 9.55. The second kappa shape index (κ2) is 21.6. The number of nitro groups is 2. The molecule has 3 aliphatic rings. The Bertz CT molecular complexity index is 2660. The number of ether oxygens (including phenoxy) is 3. The molecule has 6 unspecified atom stereocenters. The second-order valence-electron chi connectivity index (χ2n) is 17.1. The summed E-state index contributed by atoms with van der Waals surface area (Å²) >= 11 is 0. The van der Waals surface area contributed by atoms with E-state index in [4.69, 9.17) is 24.2 Å². The number of amides is 1. The number of fused-ring (bicyclic) bond motifs is 2. The van der Waals surface area contributed by atoms with Gasteiger partial charge in [0.1, 0.15) is 23.9 Å². The Hall–Kier alpha value is -6.51. The highest BCUT2D eigenvalue weighted by atomic mass is 32.2. The van der Waals surface area contributed by atoms with Gasteiger partial charge in [-0.15, -0.1) is 6.58 Å². The maximum atomic E-state index is 14.9. The molecule has 1 heterocycles. The maximum Gasteiger partial charge on any atom is 0.273 e. The molecule has 2 aliphatic carbocycles. The van der Waals surface area contributed by atoms with Gasteiger partial charge in [0.25, 0.3) is 11.4 Å². The van der Waals surface area contributed by atoms with Crippen LogP contribution in [0.2, 0.25) is 0 Å². The fraction of sp³-hybridized carbons (Fsp3) is 0.388. The van der Waals surface area contributed by atoms with Crippen LogP contribution in [-0.4, -0.2) is 83.1 Å². The summed E-state index contributed by atoms with van der Waals surface area (Å²) in [6.45, 7) is 5.15. The lowest BCUT2D eigenvalue weighted by molar-refractivity contribution is -0.385. The molecule has 6 atom stereocenters. The van der Waals surface area contributed by atoms with E-state index in [0.717, 1.165) is 0 Å². The van der Waals surface area contributed by atoms with Gasteiger partial charge >= 0.3 is 0 Å². The number of aliphatic hydroxyl groups excluding tert-OH is 2. The standard InChI is InChI=1S/C49H55N5O13S/c1-4-26-64-49-46(52(3)68(62,63)40-21-16-35(17-22-40)50-32(2)57)30-44(51-65-31-33-14-18-36(19-15-33)53(58)59)42-27-34(10-5-7-24-55)41(13-6-8-25-56)47(48(42)49)43-29-39(20-23-45(43)67-49)66-38-12-9-11-37(28-38)54(60)61/h4,9,11-12,14-23,27-29,34,41,46-48,55-56H,1,5-8,10,13,24-26,30-31H2,2-3H3,(H,50,57). The van der Waals surface area contributed by atoms with Crippen LogP contribution in [0.25, 0.3) is 0 Å². The number of carbonyl (C=O) groups is 1. The van der Waals surface area contributed by atoms with E-state index >= 15 is 0 Å². The molecule has 1 fully saturated rings. The number of anilines is 1. The molecule has 1 aliphatic heterocycles. The first-order chi connectivity index (χ1) is 32.7. The van der Waals surface area contributed by atoms with Gasteiger partial charge in [0.05, 0.1) is 45.1 Å². The van der Waals surface area contributed by atoms with Gasteiger partial charge in [0.2, 0.25) is 21.7 Å². The van der Waals surface area contributed by atoms with E-state index in [0.29, 0.717) is 78.1 Å². The molecule has 0 radical (unpaired) electrons. The average Bonchev–Trinajstić information content (AvgIpc) is 3.32. The monoisotopic (exact) mass is 953 g/mol. The second-order valence-corrected chi connectivity index (χ2v) is 19.1. The normalized spacial score (nSPS) is 22.3. The van der Waals surface area contributed by atoms with Crippen LogP contribution in [0.4, 0.5) is 17.1 Å². The molecule has 1 saturated carbocycles. The van der Waals surface area contributed by atoms with Crippen molar-refractivity contribution in [1.29, 1.82) is 0 Å². The number of oxime groups is 1. The number of likely N-dealkylation sites (N-methyl/N-ethyl adjacent to an activating group) is 1. The van der Waals surface area contributed by atoms with E-state index in [2.05, 4.69) is 18.0 Å². The quantitative estimate of drug-likeness (QED) is 0.0290. The number of non-ortho nitro benzene ring substituents is 2. The van der Waals surface area contributed by atoms with Gasteiger partial charge in [-0.2, -0.15) is 4.31 Å².